The average Bonchev–Trinajstić information content (AvgIpc) is 3.02. The van der Waals surface area contributed by atoms with Crippen LogP contribution >= 0.6 is 0 Å². The molecule has 21 heavy (non-hydrogen) atoms. The summed E-state index contributed by atoms with van der Waals surface area (Å²) in [6, 6.07) is 3.79. The number of nitrogens with one attached hydrogen (secondary N) is 1. The third-order valence-corrected chi connectivity index (χ3v) is 5.20. The maximum absolute atomic E-state index is 12.6. The van der Waals surface area contributed by atoms with Crippen LogP contribution in [0.3, 0.4) is 0 Å². The lowest BCUT2D eigenvalue weighted by Gasteiger charge is -2.29. The molecule has 0 heterocycles. The summed E-state index contributed by atoms with van der Waals surface area (Å²) in [4.78, 5) is 0. The van der Waals surface area contributed by atoms with Gasteiger partial charge in [0.2, 0.25) is 0 Å². The van der Waals surface area contributed by atoms with Crippen LogP contribution in [0.1, 0.15) is 38.2 Å². The van der Waals surface area contributed by atoms with Crippen LogP contribution in [0.2, 0.25) is 0 Å². The van der Waals surface area contributed by atoms with Gasteiger partial charge in [0.05, 0.1) is 16.9 Å². The summed E-state index contributed by atoms with van der Waals surface area (Å²) in [5.74, 6) is 2.24. The van der Waals surface area contributed by atoms with E-state index in [2.05, 4.69) is 12.2 Å². The fourth-order valence-corrected chi connectivity index (χ4v) is 4.13. The topological polar surface area (TPSA) is 38.0 Å². The van der Waals surface area contributed by atoms with Crippen LogP contribution in [0, 0.1) is 17.8 Å². The molecular weight excluding hydrogens is 277 g/mol. The summed E-state index contributed by atoms with van der Waals surface area (Å²) in [6.07, 6.45) is 0.849. The second-order valence-corrected chi connectivity index (χ2v) is 6.57. The van der Waals surface area contributed by atoms with Crippen molar-refractivity contribution in [3.8, 4) is 0 Å². The van der Waals surface area contributed by atoms with Crippen molar-refractivity contribution in [2.24, 2.45) is 17.8 Å². The van der Waals surface area contributed by atoms with Crippen molar-refractivity contribution in [3.05, 3.63) is 23.8 Å². The zero-order valence-electron chi connectivity index (χ0n) is 12.1. The molecule has 116 valence electrons. The molecule has 2 fully saturated rings. The number of alkyl halides is 3. The van der Waals surface area contributed by atoms with E-state index in [0.29, 0.717) is 11.6 Å². The predicted octanol–water partition coefficient (Wildman–Crippen LogP) is 4.52. The summed E-state index contributed by atoms with van der Waals surface area (Å²) in [6.45, 7) is 2.11. The van der Waals surface area contributed by atoms with Gasteiger partial charge in [0.15, 0.2) is 0 Å². The minimum atomic E-state index is -4.34. The Labute approximate surface area is 122 Å². The number of fused-ring (bicyclic) bond motifs is 2. The smallest absolute Gasteiger partial charge is 0.397 e. The second kappa shape index (κ2) is 5.11. The minimum Gasteiger partial charge on any atom is -0.397 e. The monoisotopic (exact) mass is 298 g/mol. The zero-order valence-corrected chi connectivity index (χ0v) is 12.1. The van der Waals surface area contributed by atoms with Crippen molar-refractivity contribution < 1.29 is 13.2 Å². The molecule has 0 amide bonds. The Balaban J connectivity index is 1.70. The molecule has 0 aliphatic heterocycles. The first-order chi connectivity index (χ1) is 9.84. The summed E-state index contributed by atoms with van der Waals surface area (Å²) >= 11 is 0. The van der Waals surface area contributed by atoms with Gasteiger partial charge in [0, 0.05) is 6.04 Å². The number of hydrogen-bond donors (Lipinski definition) is 2. The quantitative estimate of drug-likeness (QED) is 0.805. The van der Waals surface area contributed by atoms with Crippen LogP contribution in [-0.2, 0) is 6.18 Å². The van der Waals surface area contributed by atoms with E-state index in [1.54, 1.807) is 0 Å². The highest BCUT2D eigenvalue weighted by Crippen LogP contribution is 2.50. The van der Waals surface area contributed by atoms with E-state index in [1.165, 1.54) is 31.7 Å². The minimum absolute atomic E-state index is 0.167. The second-order valence-electron chi connectivity index (χ2n) is 6.57. The van der Waals surface area contributed by atoms with E-state index in [0.717, 1.165) is 24.0 Å². The Morgan fingerprint density at radius 2 is 2.00 bits per heavy atom. The zero-order chi connectivity index (χ0) is 15.2. The molecule has 2 aliphatic rings. The van der Waals surface area contributed by atoms with Crippen LogP contribution in [0.4, 0.5) is 24.5 Å². The van der Waals surface area contributed by atoms with E-state index in [-0.39, 0.29) is 11.7 Å². The van der Waals surface area contributed by atoms with Gasteiger partial charge in [-0.2, -0.15) is 13.2 Å². The molecule has 0 radical (unpaired) electrons. The highest BCUT2D eigenvalue weighted by molar-refractivity contribution is 5.67. The molecular formula is C16H21F3N2. The Morgan fingerprint density at radius 1 is 1.24 bits per heavy atom. The van der Waals surface area contributed by atoms with E-state index < -0.39 is 11.7 Å². The molecule has 1 aromatic rings. The molecule has 4 atom stereocenters. The third kappa shape index (κ3) is 2.83. The Bertz CT molecular complexity index is 527. The van der Waals surface area contributed by atoms with E-state index in [9.17, 15) is 13.2 Å². The lowest BCUT2D eigenvalue weighted by Crippen LogP contribution is -2.30. The number of anilines is 2. The first kappa shape index (κ1) is 14.5. The first-order valence-corrected chi connectivity index (χ1v) is 7.58. The van der Waals surface area contributed by atoms with Crippen LogP contribution < -0.4 is 11.1 Å². The Kier molecular flexibility index (Phi) is 3.54. The molecule has 3 N–H and O–H groups in total. The number of rotatable bonds is 3. The van der Waals surface area contributed by atoms with E-state index in [4.69, 9.17) is 5.73 Å². The van der Waals surface area contributed by atoms with Gasteiger partial charge in [-0.1, -0.05) is 6.42 Å². The van der Waals surface area contributed by atoms with Crippen molar-refractivity contribution >= 4 is 11.4 Å². The van der Waals surface area contributed by atoms with Crippen LogP contribution in [0.15, 0.2) is 18.2 Å². The third-order valence-electron chi connectivity index (χ3n) is 5.20. The van der Waals surface area contributed by atoms with Crippen molar-refractivity contribution in [1.82, 2.24) is 0 Å². The van der Waals surface area contributed by atoms with Gasteiger partial charge in [0.1, 0.15) is 0 Å². The molecule has 0 aromatic heterocycles. The predicted molar refractivity (Wildman–Crippen MR) is 77.9 cm³/mol. The van der Waals surface area contributed by atoms with Crippen LogP contribution in [0.25, 0.3) is 0 Å². The van der Waals surface area contributed by atoms with Crippen LogP contribution in [0.5, 0.6) is 0 Å². The lowest BCUT2D eigenvalue weighted by atomic mass is 9.84. The van der Waals surface area contributed by atoms with Gasteiger partial charge < -0.3 is 11.1 Å². The molecule has 2 nitrogen and oxygen atoms in total. The molecule has 2 saturated carbocycles. The maximum Gasteiger partial charge on any atom is 0.416 e. The van der Waals surface area contributed by atoms with E-state index in [1.807, 2.05) is 0 Å². The fourth-order valence-electron chi connectivity index (χ4n) is 4.13. The fraction of sp³-hybridized carbons (Fsp3) is 0.625. The van der Waals surface area contributed by atoms with Crippen molar-refractivity contribution in [2.75, 3.05) is 11.1 Å². The van der Waals surface area contributed by atoms with Crippen molar-refractivity contribution in [2.45, 2.75) is 44.8 Å². The normalized spacial score (nSPS) is 29.6. The van der Waals surface area contributed by atoms with Crippen LogP contribution in [-0.4, -0.2) is 6.04 Å². The van der Waals surface area contributed by atoms with Crippen molar-refractivity contribution in [3.63, 3.8) is 0 Å². The summed E-state index contributed by atoms with van der Waals surface area (Å²) in [7, 11) is 0. The summed E-state index contributed by atoms with van der Waals surface area (Å²) < 4.78 is 37.9. The largest absolute Gasteiger partial charge is 0.416 e. The molecule has 2 bridgehead atoms. The van der Waals surface area contributed by atoms with Gasteiger partial charge >= 0.3 is 6.18 Å². The van der Waals surface area contributed by atoms with Gasteiger partial charge in [0.25, 0.3) is 0 Å². The number of benzene rings is 1. The Hall–Kier alpha value is -1.39. The van der Waals surface area contributed by atoms with Gasteiger partial charge in [-0.05, 0) is 62.1 Å². The highest BCUT2D eigenvalue weighted by atomic mass is 19.4. The number of halogens is 3. The number of hydrogen-bond acceptors (Lipinski definition) is 2. The summed E-state index contributed by atoms with van der Waals surface area (Å²) in [5, 5.41) is 3.32. The standard InChI is InChI=1S/C16H21F3N2/c1-9(13-7-10-2-3-11(13)6-10)21-15-5-4-12(8-14(15)20)16(17,18)19/h4-5,8-11,13,21H,2-3,6-7,20H2,1H3. The molecule has 4 unspecified atom stereocenters. The molecule has 0 saturated heterocycles. The molecule has 0 spiro atoms. The maximum atomic E-state index is 12.6. The summed E-state index contributed by atoms with van der Waals surface area (Å²) in [5.41, 5.74) is 5.86. The SMILES string of the molecule is CC(Nc1ccc(C(F)(F)F)cc1N)C1CC2CCC1C2. The molecule has 2 aliphatic carbocycles. The number of nitrogens with two attached hydrogens (primary N) is 1. The molecule has 3 rings (SSSR count). The Morgan fingerprint density at radius 3 is 2.52 bits per heavy atom. The van der Waals surface area contributed by atoms with Crippen molar-refractivity contribution in [1.29, 1.82) is 0 Å². The molecule has 1 aromatic carbocycles. The highest BCUT2D eigenvalue weighted by Gasteiger charge is 2.41. The van der Waals surface area contributed by atoms with E-state index >= 15 is 0 Å². The molecule has 5 heteroatoms. The van der Waals surface area contributed by atoms with Gasteiger partial charge in [-0.25, -0.2) is 0 Å². The van der Waals surface area contributed by atoms with Gasteiger partial charge in [-0.3, -0.25) is 0 Å². The first-order valence-electron chi connectivity index (χ1n) is 7.58. The van der Waals surface area contributed by atoms with Gasteiger partial charge in [-0.15, -0.1) is 0 Å². The lowest BCUT2D eigenvalue weighted by molar-refractivity contribution is -0.137. The average molecular weight is 298 g/mol. The number of nitrogen functional groups attached to an aromatic ring is 1.